The summed E-state index contributed by atoms with van der Waals surface area (Å²) < 4.78 is 52.7. The lowest BCUT2D eigenvalue weighted by Crippen LogP contribution is -2.74. The van der Waals surface area contributed by atoms with Crippen molar-refractivity contribution in [3.8, 4) is 17.6 Å². The summed E-state index contributed by atoms with van der Waals surface area (Å²) in [6.45, 7) is 12.5. The van der Waals surface area contributed by atoms with Crippen LogP contribution in [0.3, 0.4) is 0 Å². The number of rotatable bonds is 13. The van der Waals surface area contributed by atoms with E-state index in [4.69, 9.17) is 14.7 Å². The highest BCUT2D eigenvalue weighted by molar-refractivity contribution is 6.23. The topological polar surface area (TPSA) is 161 Å². The molecule has 3 aliphatic heterocycles. The molecule has 7 rings (SSSR count). The van der Waals surface area contributed by atoms with Gasteiger partial charge in [0.25, 0.3) is 17.7 Å². The van der Waals surface area contributed by atoms with Crippen molar-refractivity contribution in [3.63, 3.8) is 0 Å². The molecule has 16 heteroatoms. The molecule has 322 valence electrons. The van der Waals surface area contributed by atoms with Crippen LogP contribution in [0.5, 0.6) is 11.5 Å². The predicted octanol–water partition coefficient (Wildman–Crippen LogP) is 5.96. The number of nitriles is 1. The normalized spacial score (nSPS) is 22.2. The molecule has 3 fully saturated rings. The Kier molecular flexibility index (Phi) is 11.9. The summed E-state index contributed by atoms with van der Waals surface area (Å²) in [4.78, 5) is 69.0. The Balaban J connectivity index is 0.817. The number of amides is 5. The zero-order valence-corrected chi connectivity index (χ0v) is 34.6. The number of anilines is 1. The Morgan fingerprint density at radius 2 is 1.54 bits per heavy atom. The first-order chi connectivity index (χ1) is 28.9. The van der Waals surface area contributed by atoms with Gasteiger partial charge < -0.3 is 19.7 Å². The first-order valence-electron chi connectivity index (χ1n) is 20.5. The Labute approximate surface area is 352 Å². The minimum atomic E-state index is -4.70. The number of carbonyl (C=O) groups is 5. The highest BCUT2D eigenvalue weighted by Crippen LogP contribution is 2.56. The summed E-state index contributed by atoms with van der Waals surface area (Å²) >= 11 is 0. The van der Waals surface area contributed by atoms with E-state index in [-0.39, 0.29) is 41.7 Å². The van der Waals surface area contributed by atoms with Crippen molar-refractivity contribution in [2.45, 2.75) is 84.2 Å². The van der Waals surface area contributed by atoms with Crippen LogP contribution >= 0.6 is 0 Å². The molecule has 1 aliphatic carbocycles. The third kappa shape index (κ3) is 8.66. The second-order valence-electron chi connectivity index (χ2n) is 17.3. The van der Waals surface area contributed by atoms with E-state index < -0.39 is 63.9 Å². The number of halogens is 3. The molecule has 0 spiro atoms. The number of fused-ring (bicyclic) bond motifs is 1. The zero-order valence-electron chi connectivity index (χ0n) is 34.6. The number of piperidine rings is 1. The molecule has 5 amide bonds. The first kappa shape index (κ1) is 43.1. The van der Waals surface area contributed by atoms with Crippen LogP contribution in [-0.4, -0.2) is 96.9 Å². The maximum Gasteiger partial charge on any atom is 0.417 e. The number of piperazine rings is 1. The standard InChI is InChI=1S/C45H49F3N6O7/c1-43(2)41(44(3,4)42(43)61-31-13-10-28(26-49)34(25-31)45(46,47)48)51-37(56)27-8-11-29(12-9-27)53-21-19-52(20-22-53)18-6-5-7-23-60-30-14-15-32-33(24-30)40(59)54(39(32)58)35-16-17-36(55)50-38(35)57/h8-15,24-25,35,41-42H,5-7,16-23H2,1-4H3,(H,51,56)(H,50,55,57)/t35?,41-,42-. The molecule has 1 unspecified atom stereocenters. The van der Waals surface area contributed by atoms with Gasteiger partial charge in [-0.05, 0) is 92.9 Å². The van der Waals surface area contributed by atoms with Gasteiger partial charge in [-0.25, -0.2) is 0 Å². The van der Waals surface area contributed by atoms with E-state index >= 15 is 0 Å². The summed E-state index contributed by atoms with van der Waals surface area (Å²) in [5.74, 6) is -1.95. The summed E-state index contributed by atoms with van der Waals surface area (Å²) in [5.41, 5.74) is -0.819. The molecule has 0 bridgehead atoms. The van der Waals surface area contributed by atoms with Crippen molar-refractivity contribution >= 4 is 35.2 Å². The fourth-order valence-corrected chi connectivity index (χ4v) is 9.48. The second kappa shape index (κ2) is 16.8. The van der Waals surface area contributed by atoms with Crippen molar-refractivity contribution in [3.05, 3.63) is 88.5 Å². The number of hydrogen-bond acceptors (Lipinski definition) is 10. The van der Waals surface area contributed by atoms with E-state index in [2.05, 4.69) is 20.4 Å². The van der Waals surface area contributed by atoms with Crippen molar-refractivity contribution < 1.29 is 46.6 Å². The van der Waals surface area contributed by atoms with Gasteiger partial charge in [0.15, 0.2) is 0 Å². The number of carbonyl (C=O) groups excluding carboxylic acids is 5. The number of nitrogens with one attached hydrogen (secondary N) is 2. The van der Waals surface area contributed by atoms with Gasteiger partial charge in [-0.2, -0.15) is 18.4 Å². The summed E-state index contributed by atoms with van der Waals surface area (Å²) in [6, 6.07) is 15.8. The highest BCUT2D eigenvalue weighted by atomic mass is 19.4. The SMILES string of the molecule is CC1(C)[C@H](NC(=O)c2ccc(N3CCN(CCCCCOc4ccc5c(c4)C(=O)N(C4CCC(=O)NC4=O)C5=O)CC3)cc2)C(C)(C)[C@H]1Oc1ccc(C#N)c(C(F)(F)F)c1. The van der Waals surface area contributed by atoms with Gasteiger partial charge in [-0.15, -0.1) is 0 Å². The van der Waals surface area contributed by atoms with Crippen LogP contribution in [0.2, 0.25) is 0 Å². The van der Waals surface area contributed by atoms with Crippen LogP contribution in [0.1, 0.15) is 102 Å². The van der Waals surface area contributed by atoms with Crippen LogP contribution in [0.25, 0.3) is 0 Å². The van der Waals surface area contributed by atoms with Crippen LogP contribution in [0.15, 0.2) is 60.7 Å². The van der Waals surface area contributed by atoms with Crippen LogP contribution in [0.4, 0.5) is 18.9 Å². The third-order valence-corrected chi connectivity index (χ3v) is 12.5. The minimum absolute atomic E-state index is 0.0135. The van der Waals surface area contributed by atoms with Gasteiger partial charge in [-0.3, -0.25) is 39.1 Å². The van der Waals surface area contributed by atoms with Gasteiger partial charge in [0.1, 0.15) is 23.6 Å². The molecule has 13 nitrogen and oxygen atoms in total. The summed E-state index contributed by atoms with van der Waals surface area (Å²) in [6.07, 6.45) is -2.32. The Hall–Kier alpha value is -5.95. The molecule has 3 aromatic rings. The van der Waals surface area contributed by atoms with Crippen LogP contribution in [-0.2, 0) is 15.8 Å². The maximum absolute atomic E-state index is 13.6. The highest BCUT2D eigenvalue weighted by Gasteiger charge is 2.64. The van der Waals surface area contributed by atoms with E-state index in [1.54, 1.807) is 30.3 Å². The Bertz CT molecular complexity index is 2250. The van der Waals surface area contributed by atoms with Crippen molar-refractivity contribution in [1.82, 2.24) is 20.4 Å². The average Bonchev–Trinajstić information content (AvgIpc) is 3.47. The van der Waals surface area contributed by atoms with Crippen molar-refractivity contribution in [2.24, 2.45) is 10.8 Å². The van der Waals surface area contributed by atoms with Crippen LogP contribution < -0.4 is 25.0 Å². The van der Waals surface area contributed by atoms with E-state index in [0.717, 1.165) is 74.7 Å². The number of unbranched alkanes of at least 4 members (excludes halogenated alkanes) is 2. The average molecular weight is 843 g/mol. The fourth-order valence-electron chi connectivity index (χ4n) is 9.48. The van der Waals surface area contributed by atoms with Gasteiger partial charge >= 0.3 is 6.18 Å². The number of hydrogen-bond donors (Lipinski definition) is 2. The summed E-state index contributed by atoms with van der Waals surface area (Å²) in [5, 5.41) is 14.5. The van der Waals surface area contributed by atoms with E-state index in [1.165, 1.54) is 12.1 Å². The zero-order chi connectivity index (χ0) is 43.9. The molecule has 0 aromatic heterocycles. The van der Waals surface area contributed by atoms with Gasteiger partial charge in [0.05, 0.1) is 34.9 Å². The number of benzene rings is 3. The molecule has 61 heavy (non-hydrogen) atoms. The summed E-state index contributed by atoms with van der Waals surface area (Å²) in [7, 11) is 0. The Morgan fingerprint density at radius 1 is 0.869 bits per heavy atom. The quantitative estimate of drug-likeness (QED) is 0.155. The second-order valence-corrected chi connectivity index (χ2v) is 17.3. The van der Waals surface area contributed by atoms with E-state index in [9.17, 15) is 37.1 Å². The molecule has 1 atom stereocenters. The van der Waals surface area contributed by atoms with Gasteiger partial charge in [0, 0.05) is 60.7 Å². The molecular weight excluding hydrogens is 794 g/mol. The smallest absolute Gasteiger partial charge is 0.417 e. The maximum atomic E-state index is 13.6. The monoisotopic (exact) mass is 842 g/mol. The number of imide groups is 2. The molecule has 3 aromatic carbocycles. The minimum Gasteiger partial charge on any atom is -0.494 e. The molecule has 0 radical (unpaired) electrons. The Morgan fingerprint density at radius 3 is 2.20 bits per heavy atom. The molecule has 1 saturated carbocycles. The molecule has 2 N–H and O–H groups in total. The molecule has 4 aliphatic rings. The van der Waals surface area contributed by atoms with Crippen LogP contribution in [0, 0.1) is 22.2 Å². The number of ether oxygens (including phenoxy) is 2. The largest absolute Gasteiger partial charge is 0.494 e. The fraction of sp³-hybridized carbons (Fsp3) is 0.467. The number of alkyl halides is 3. The first-order valence-corrected chi connectivity index (χ1v) is 20.5. The third-order valence-electron chi connectivity index (χ3n) is 12.5. The van der Waals surface area contributed by atoms with Gasteiger partial charge in [-0.1, -0.05) is 27.7 Å². The lowest BCUT2D eigenvalue weighted by molar-refractivity contribution is -0.164. The lowest BCUT2D eigenvalue weighted by Gasteiger charge is -2.63. The van der Waals surface area contributed by atoms with Gasteiger partial charge in [0.2, 0.25) is 11.8 Å². The van der Waals surface area contributed by atoms with E-state index in [1.807, 2.05) is 39.8 Å². The number of nitrogens with zero attached hydrogens (tertiary/aromatic N) is 4. The van der Waals surface area contributed by atoms with E-state index in [0.29, 0.717) is 17.9 Å². The van der Waals surface area contributed by atoms with Crippen molar-refractivity contribution in [2.75, 3.05) is 44.2 Å². The predicted molar refractivity (Wildman–Crippen MR) is 217 cm³/mol. The molecule has 2 saturated heterocycles. The molecular formula is C45H49F3N6O7. The van der Waals surface area contributed by atoms with Crippen molar-refractivity contribution in [1.29, 1.82) is 5.26 Å². The molecule has 3 heterocycles. The lowest BCUT2D eigenvalue weighted by atomic mass is 9.49.